The summed E-state index contributed by atoms with van der Waals surface area (Å²) in [6.07, 6.45) is 4.86. The Balaban J connectivity index is 1.34. The van der Waals surface area contributed by atoms with Crippen molar-refractivity contribution < 1.29 is 9.53 Å². The molecule has 158 valence electrons. The molecule has 5 heteroatoms. The number of H-pyrrole nitrogens is 1. The average Bonchev–Trinajstić information content (AvgIpc) is 3.10. The molecular formula is C25H31N3O2. The van der Waals surface area contributed by atoms with Gasteiger partial charge in [0.05, 0.1) is 7.11 Å². The van der Waals surface area contributed by atoms with Gasteiger partial charge in [-0.05, 0) is 49.1 Å². The molecule has 0 saturated carbocycles. The van der Waals surface area contributed by atoms with Crippen LogP contribution in [0.25, 0.3) is 10.9 Å². The number of aromatic amines is 1. The van der Waals surface area contributed by atoms with Crippen LogP contribution in [0, 0.1) is 0 Å². The fraction of sp³-hybridized carbons (Fsp3) is 0.400. The van der Waals surface area contributed by atoms with Gasteiger partial charge in [-0.2, -0.15) is 0 Å². The number of aromatic nitrogens is 1. The minimum absolute atomic E-state index is 0.240. The van der Waals surface area contributed by atoms with E-state index < -0.39 is 0 Å². The van der Waals surface area contributed by atoms with Gasteiger partial charge in [-0.3, -0.25) is 9.69 Å². The number of nitrogens with zero attached hydrogens (tertiary/aromatic N) is 2. The van der Waals surface area contributed by atoms with Gasteiger partial charge in [0.25, 0.3) is 0 Å². The number of hydrogen-bond donors (Lipinski definition) is 1. The fourth-order valence-corrected chi connectivity index (χ4v) is 4.37. The molecule has 0 bridgehead atoms. The molecule has 0 radical (unpaired) electrons. The van der Waals surface area contributed by atoms with Crippen molar-refractivity contribution in [3.05, 3.63) is 65.9 Å². The van der Waals surface area contributed by atoms with E-state index in [9.17, 15) is 4.79 Å². The second-order valence-corrected chi connectivity index (χ2v) is 8.20. The van der Waals surface area contributed by atoms with Crippen molar-refractivity contribution in [2.45, 2.75) is 38.8 Å². The van der Waals surface area contributed by atoms with Crippen LogP contribution < -0.4 is 4.74 Å². The van der Waals surface area contributed by atoms with Gasteiger partial charge >= 0.3 is 0 Å². The second-order valence-electron chi connectivity index (χ2n) is 8.20. The summed E-state index contributed by atoms with van der Waals surface area (Å²) in [6.45, 7) is 5.46. The molecule has 0 spiro atoms. The van der Waals surface area contributed by atoms with Crippen molar-refractivity contribution in [2.75, 3.05) is 26.7 Å². The Kier molecular flexibility index (Phi) is 6.38. The Morgan fingerprint density at radius 3 is 2.83 bits per heavy atom. The molecule has 1 fully saturated rings. The van der Waals surface area contributed by atoms with E-state index in [0.29, 0.717) is 19.0 Å². The van der Waals surface area contributed by atoms with Gasteiger partial charge in [0, 0.05) is 55.7 Å². The van der Waals surface area contributed by atoms with Crippen molar-refractivity contribution in [1.82, 2.24) is 14.8 Å². The molecule has 1 atom stereocenters. The summed E-state index contributed by atoms with van der Waals surface area (Å²) in [6, 6.07) is 16.9. The van der Waals surface area contributed by atoms with Crippen molar-refractivity contribution in [3.63, 3.8) is 0 Å². The summed E-state index contributed by atoms with van der Waals surface area (Å²) in [7, 11) is 1.67. The van der Waals surface area contributed by atoms with E-state index >= 15 is 0 Å². The SMILES string of the molecule is COc1cccc(CN2CCN(C(C)CCc3c[nH]c4ccccc34)CCC2=O)c1. The first-order chi connectivity index (χ1) is 14.6. The summed E-state index contributed by atoms with van der Waals surface area (Å²) in [5.74, 6) is 1.08. The number of carbonyl (C=O) groups is 1. The third-order valence-corrected chi connectivity index (χ3v) is 6.26. The molecule has 1 N–H and O–H groups in total. The first kappa shape index (κ1) is 20.5. The number of nitrogens with one attached hydrogen (secondary N) is 1. The first-order valence-corrected chi connectivity index (χ1v) is 10.8. The van der Waals surface area contributed by atoms with Crippen LogP contribution in [-0.2, 0) is 17.8 Å². The predicted octanol–water partition coefficient (Wildman–Crippen LogP) is 4.23. The molecule has 4 rings (SSSR count). The maximum Gasteiger partial charge on any atom is 0.224 e. The zero-order valence-electron chi connectivity index (χ0n) is 17.9. The summed E-state index contributed by atoms with van der Waals surface area (Å²) in [5.41, 5.74) is 3.69. The Hall–Kier alpha value is -2.79. The van der Waals surface area contributed by atoms with Crippen molar-refractivity contribution in [3.8, 4) is 5.75 Å². The monoisotopic (exact) mass is 405 g/mol. The smallest absolute Gasteiger partial charge is 0.224 e. The Labute approximate surface area is 178 Å². The Morgan fingerprint density at radius 1 is 1.10 bits per heavy atom. The molecule has 1 saturated heterocycles. The number of ether oxygens (including phenoxy) is 1. The molecule has 2 heterocycles. The lowest BCUT2D eigenvalue weighted by Crippen LogP contribution is -2.37. The Bertz CT molecular complexity index is 997. The van der Waals surface area contributed by atoms with E-state index in [2.05, 4.69) is 53.3 Å². The normalized spacial score (nSPS) is 16.6. The average molecular weight is 406 g/mol. The van der Waals surface area contributed by atoms with E-state index in [1.807, 2.05) is 23.1 Å². The van der Waals surface area contributed by atoms with Crippen LogP contribution in [0.3, 0.4) is 0 Å². The summed E-state index contributed by atoms with van der Waals surface area (Å²) in [4.78, 5) is 20.5. The van der Waals surface area contributed by atoms with Crippen molar-refractivity contribution in [2.24, 2.45) is 0 Å². The molecular weight excluding hydrogens is 374 g/mol. The Morgan fingerprint density at radius 2 is 1.97 bits per heavy atom. The molecule has 1 aromatic heterocycles. The number of carbonyl (C=O) groups excluding carboxylic acids is 1. The number of hydrogen-bond acceptors (Lipinski definition) is 3. The van der Waals surface area contributed by atoms with E-state index in [-0.39, 0.29) is 5.91 Å². The van der Waals surface area contributed by atoms with E-state index in [4.69, 9.17) is 4.74 Å². The zero-order chi connectivity index (χ0) is 20.9. The van der Waals surface area contributed by atoms with Crippen LogP contribution in [0.15, 0.2) is 54.7 Å². The topological polar surface area (TPSA) is 48.6 Å². The summed E-state index contributed by atoms with van der Waals surface area (Å²) >= 11 is 0. The number of fused-ring (bicyclic) bond motifs is 1. The first-order valence-electron chi connectivity index (χ1n) is 10.8. The van der Waals surface area contributed by atoms with Crippen LogP contribution in [0.1, 0.15) is 30.9 Å². The van der Waals surface area contributed by atoms with Gasteiger partial charge in [0.1, 0.15) is 5.75 Å². The van der Waals surface area contributed by atoms with E-state index in [1.165, 1.54) is 16.5 Å². The maximum absolute atomic E-state index is 12.7. The number of benzene rings is 2. The third kappa shape index (κ3) is 4.68. The maximum atomic E-state index is 12.7. The lowest BCUT2D eigenvalue weighted by Gasteiger charge is -2.27. The highest BCUT2D eigenvalue weighted by Gasteiger charge is 2.24. The van der Waals surface area contributed by atoms with Gasteiger partial charge in [0.2, 0.25) is 5.91 Å². The van der Waals surface area contributed by atoms with Gasteiger partial charge in [-0.25, -0.2) is 0 Å². The van der Waals surface area contributed by atoms with E-state index in [1.54, 1.807) is 7.11 Å². The highest BCUT2D eigenvalue weighted by Crippen LogP contribution is 2.21. The largest absolute Gasteiger partial charge is 0.497 e. The van der Waals surface area contributed by atoms with Gasteiger partial charge in [0.15, 0.2) is 0 Å². The number of rotatable bonds is 7. The number of amides is 1. The molecule has 3 aromatic rings. The van der Waals surface area contributed by atoms with Crippen molar-refractivity contribution >= 4 is 16.8 Å². The van der Waals surface area contributed by atoms with Crippen LogP contribution in [-0.4, -0.2) is 53.5 Å². The number of methoxy groups -OCH3 is 1. The molecule has 1 unspecified atom stereocenters. The molecule has 2 aromatic carbocycles. The van der Waals surface area contributed by atoms with Gasteiger partial charge in [-0.15, -0.1) is 0 Å². The van der Waals surface area contributed by atoms with Gasteiger partial charge in [-0.1, -0.05) is 30.3 Å². The lowest BCUT2D eigenvalue weighted by molar-refractivity contribution is -0.130. The molecule has 1 aliphatic rings. The molecule has 0 aliphatic carbocycles. The van der Waals surface area contributed by atoms with Gasteiger partial charge < -0.3 is 14.6 Å². The highest BCUT2D eigenvalue weighted by atomic mass is 16.5. The summed E-state index contributed by atoms with van der Waals surface area (Å²) in [5, 5.41) is 1.32. The quantitative estimate of drug-likeness (QED) is 0.640. The number of aryl methyl sites for hydroxylation is 1. The molecule has 1 aliphatic heterocycles. The molecule has 5 nitrogen and oxygen atoms in total. The summed E-state index contributed by atoms with van der Waals surface area (Å²) < 4.78 is 5.31. The minimum Gasteiger partial charge on any atom is -0.497 e. The van der Waals surface area contributed by atoms with Crippen LogP contribution >= 0.6 is 0 Å². The van der Waals surface area contributed by atoms with Crippen LogP contribution in [0.5, 0.6) is 5.75 Å². The highest BCUT2D eigenvalue weighted by molar-refractivity contribution is 5.83. The zero-order valence-corrected chi connectivity index (χ0v) is 17.9. The van der Waals surface area contributed by atoms with Crippen LogP contribution in [0.2, 0.25) is 0 Å². The van der Waals surface area contributed by atoms with Crippen LogP contribution in [0.4, 0.5) is 0 Å². The standard InChI is InChI=1S/C25H31N3O2/c1-19(10-11-21-17-26-24-9-4-3-8-23(21)24)27-13-12-25(29)28(15-14-27)18-20-6-5-7-22(16-20)30-2/h3-9,16-17,19,26H,10-15,18H2,1-2H3. The number of para-hydroxylation sites is 1. The molecule has 30 heavy (non-hydrogen) atoms. The van der Waals surface area contributed by atoms with Crippen molar-refractivity contribution in [1.29, 1.82) is 0 Å². The minimum atomic E-state index is 0.240. The lowest BCUT2D eigenvalue weighted by atomic mass is 10.0. The predicted molar refractivity (Wildman–Crippen MR) is 121 cm³/mol. The third-order valence-electron chi connectivity index (χ3n) is 6.26. The second kappa shape index (κ2) is 9.35. The fourth-order valence-electron chi connectivity index (χ4n) is 4.37. The molecule has 1 amide bonds. The van der Waals surface area contributed by atoms with E-state index in [0.717, 1.165) is 43.8 Å².